The molecule has 138 valence electrons. The predicted molar refractivity (Wildman–Crippen MR) is 94.8 cm³/mol. The van der Waals surface area contributed by atoms with Gasteiger partial charge in [0.05, 0.1) is 17.4 Å². The van der Waals surface area contributed by atoms with Gasteiger partial charge >= 0.3 is 0 Å². The molecule has 0 spiro atoms. The third-order valence-corrected chi connectivity index (χ3v) is 5.92. The summed E-state index contributed by atoms with van der Waals surface area (Å²) >= 11 is 0. The second-order valence-electron chi connectivity index (χ2n) is 7.38. The van der Waals surface area contributed by atoms with E-state index in [9.17, 15) is 24.0 Å². The quantitative estimate of drug-likeness (QED) is 0.711. The first-order chi connectivity index (χ1) is 13.5. The van der Waals surface area contributed by atoms with Gasteiger partial charge in [-0.2, -0.15) is 0 Å². The van der Waals surface area contributed by atoms with Gasteiger partial charge in [0.2, 0.25) is 0 Å². The van der Waals surface area contributed by atoms with Crippen LogP contribution < -0.4 is 0 Å². The van der Waals surface area contributed by atoms with Gasteiger partial charge in [-0.05, 0) is 12.1 Å². The number of carbonyl (C=O) groups excluding carboxylic acids is 5. The first-order valence-corrected chi connectivity index (χ1v) is 9.05. The van der Waals surface area contributed by atoms with Crippen molar-refractivity contribution in [2.24, 2.45) is 11.8 Å². The fraction of sp³-hybridized carbons (Fsp3) is 0.227. The summed E-state index contributed by atoms with van der Waals surface area (Å²) in [4.78, 5) is 64.8. The van der Waals surface area contributed by atoms with E-state index in [4.69, 9.17) is 4.42 Å². The highest BCUT2D eigenvalue weighted by Gasteiger charge is 2.55. The zero-order valence-corrected chi connectivity index (χ0v) is 14.6. The second kappa shape index (κ2) is 5.79. The number of Topliss-reactive ketones (excluding diaryl/α,β-unsaturated/α-hetero) is 5. The van der Waals surface area contributed by atoms with Crippen LogP contribution in [-0.2, 0) is 14.4 Å². The van der Waals surface area contributed by atoms with E-state index >= 15 is 0 Å². The number of hydrogen-bond acceptors (Lipinski definition) is 6. The molecule has 5 rings (SSSR count). The number of rotatable bonds is 1. The molecule has 1 saturated carbocycles. The van der Waals surface area contributed by atoms with Gasteiger partial charge in [0.25, 0.3) is 0 Å². The van der Waals surface area contributed by atoms with Crippen LogP contribution in [0.25, 0.3) is 0 Å². The fourth-order valence-corrected chi connectivity index (χ4v) is 4.71. The van der Waals surface area contributed by atoms with Crippen LogP contribution in [-0.4, -0.2) is 28.9 Å². The van der Waals surface area contributed by atoms with E-state index in [0.717, 1.165) is 0 Å². The molecular weight excluding hydrogens is 360 g/mol. The van der Waals surface area contributed by atoms with Gasteiger partial charge in [-0.3, -0.25) is 24.0 Å². The molecule has 3 aliphatic rings. The van der Waals surface area contributed by atoms with Crippen molar-refractivity contribution in [1.29, 1.82) is 0 Å². The minimum atomic E-state index is -0.940. The Hall–Kier alpha value is -3.41. The van der Waals surface area contributed by atoms with Crippen LogP contribution in [0.15, 0.2) is 58.2 Å². The minimum absolute atomic E-state index is 0.0645. The highest BCUT2D eigenvalue weighted by atomic mass is 16.3. The summed E-state index contributed by atoms with van der Waals surface area (Å²) in [6, 6.07) is 9.47. The summed E-state index contributed by atoms with van der Waals surface area (Å²) in [6.07, 6.45) is 1.40. The largest absolute Gasteiger partial charge is 0.469 e. The highest BCUT2D eigenvalue weighted by Crippen LogP contribution is 2.47. The van der Waals surface area contributed by atoms with E-state index in [1.165, 1.54) is 18.4 Å². The van der Waals surface area contributed by atoms with Crippen molar-refractivity contribution in [3.05, 3.63) is 70.7 Å². The number of benzene rings is 1. The molecule has 3 unspecified atom stereocenters. The topological polar surface area (TPSA) is 98.5 Å². The predicted octanol–water partition coefficient (Wildman–Crippen LogP) is 2.49. The van der Waals surface area contributed by atoms with Crippen molar-refractivity contribution in [1.82, 2.24) is 0 Å². The lowest BCUT2D eigenvalue weighted by atomic mass is 9.59. The molecule has 28 heavy (non-hydrogen) atoms. The molecule has 0 N–H and O–H groups in total. The summed E-state index contributed by atoms with van der Waals surface area (Å²) in [6.45, 7) is 0. The Kier molecular flexibility index (Phi) is 3.46. The number of furan rings is 1. The van der Waals surface area contributed by atoms with E-state index in [2.05, 4.69) is 0 Å². The number of hydrogen-bond donors (Lipinski definition) is 0. The van der Waals surface area contributed by atoms with Crippen LogP contribution in [0.2, 0.25) is 0 Å². The molecule has 3 atom stereocenters. The monoisotopic (exact) mass is 374 g/mol. The number of allylic oxidation sites excluding steroid dienone is 2. The van der Waals surface area contributed by atoms with Gasteiger partial charge in [-0.25, -0.2) is 0 Å². The van der Waals surface area contributed by atoms with Crippen LogP contribution >= 0.6 is 0 Å². The van der Waals surface area contributed by atoms with Crippen molar-refractivity contribution in [3.63, 3.8) is 0 Å². The Morgan fingerprint density at radius 1 is 0.714 bits per heavy atom. The van der Waals surface area contributed by atoms with E-state index < -0.39 is 40.9 Å². The smallest absolute Gasteiger partial charge is 0.198 e. The van der Waals surface area contributed by atoms with Crippen molar-refractivity contribution in [2.75, 3.05) is 0 Å². The normalized spacial score (nSPS) is 26.9. The maximum atomic E-state index is 13.4. The van der Waals surface area contributed by atoms with Crippen molar-refractivity contribution < 1.29 is 28.4 Å². The maximum absolute atomic E-state index is 13.4. The summed E-state index contributed by atoms with van der Waals surface area (Å²) in [7, 11) is 0. The minimum Gasteiger partial charge on any atom is -0.469 e. The SMILES string of the molecule is O=C1CC2C(=O)C3=C(C(=O)c4ccccc4C3=O)C(=O)C2C(c2ccco2)C1. The van der Waals surface area contributed by atoms with E-state index in [1.54, 1.807) is 24.3 Å². The second-order valence-corrected chi connectivity index (χ2v) is 7.38. The van der Waals surface area contributed by atoms with Gasteiger partial charge < -0.3 is 4.42 Å². The van der Waals surface area contributed by atoms with Crippen molar-refractivity contribution in [2.45, 2.75) is 18.8 Å². The molecule has 0 saturated heterocycles. The molecule has 1 fully saturated rings. The maximum Gasteiger partial charge on any atom is 0.198 e. The molecule has 6 heteroatoms. The number of ketones is 5. The van der Waals surface area contributed by atoms with Gasteiger partial charge in [-0.1, -0.05) is 24.3 Å². The molecule has 2 aromatic rings. The Bertz CT molecular complexity index is 1120. The molecular formula is C22H14O6. The average Bonchev–Trinajstić information content (AvgIpc) is 3.23. The lowest BCUT2D eigenvalue weighted by molar-refractivity contribution is -0.138. The first kappa shape index (κ1) is 16.7. The number of carbonyl (C=O) groups is 5. The third kappa shape index (κ3) is 2.11. The van der Waals surface area contributed by atoms with Crippen LogP contribution in [0.4, 0.5) is 0 Å². The Labute approximate surface area is 159 Å². The summed E-state index contributed by atoms with van der Waals surface area (Å²) in [5, 5.41) is 0. The van der Waals surface area contributed by atoms with Crippen LogP contribution in [0, 0.1) is 11.8 Å². The molecule has 0 radical (unpaired) electrons. The van der Waals surface area contributed by atoms with Crippen LogP contribution in [0.3, 0.4) is 0 Å². The molecule has 0 aliphatic heterocycles. The average molecular weight is 374 g/mol. The van der Waals surface area contributed by atoms with Crippen molar-refractivity contribution in [3.8, 4) is 0 Å². The third-order valence-electron chi connectivity index (χ3n) is 5.92. The van der Waals surface area contributed by atoms with Crippen LogP contribution in [0.1, 0.15) is 45.2 Å². The zero-order chi connectivity index (χ0) is 19.6. The Morgan fingerprint density at radius 2 is 1.32 bits per heavy atom. The molecule has 0 amide bonds. The molecule has 1 aromatic carbocycles. The summed E-state index contributed by atoms with van der Waals surface area (Å²) in [5.74, 6) is -4.51. The Balaban J connectivity index is 1.70. The van der Waals surface area contributed by atoms with Gasteiger partial charge in [0.15, 0.2) is 23.1 Å². The summed E-state index contributed by atoms with van der Waals surface area (Å²) < 4.78 is 5.41. The summed E-state index contributed by atoms with van der Waals surface area (Å²) in [5.41, 5.74) is -0.438. The van der Waals surface area contributed by atoms with Crippen LogP contribution in [0.5, 0.6) is 0 Å². The van der Waals surface area contributed by atoms with E-state index in [0.29, 0.717) is 5.76 Å². The van der Waals surface area contributed by atoms with E-state index in [1.807, 2.05) is 0 Å². The standard InChI is InChI=1S/C22H14O6/c23-10-8-13(15-6-3-7-28-15)16-14(9-10)21(26)17-18(22(16)27)20(25)12-5-2-1-4-11(12)19(17)24/h1-7,13-14,16H,8-9H2. The molecule has 1 heterocycles. The fourth-order valence-electron chi connectivity index (χ4n) is 4.71. The van der Waals surface area contributed by atoms with E-state index in [-0.39, 0.29) is 40.9 Å². The van der Waals surface area contributed by atoms with Gasteiger partial charge in [0.1, 0.15) is 11.5 Å². The first-order valence-electron chi connectivity index (χ1n) is 9.05. The molecule has 6 nitrogen and oxygen atoms in total. The Morgan fingerprint density at radius 3 is 1.93 bits per heavy atom. The lowest BCUT2D eigenvalue weighted by Crippen LogP contribution is -2.49. The number of fused-ring (bicyclic) bond motifs is 2. The molecule has 1 aromatic heterocycles. The van der Waals surface area contributed by atoms with Crippen molar-refractivity contribution >= 4 is 28.9 Å². The molecule has 0 bridgehead atoms. The van der Waals surface area contributed by atoms with Gasteiger partial charge in [-0.15, -0.1) is 0 Å². The highest BCUT2D eigenvalue weighted by molar-refractivity contribution is 6.45. The lowest BCUT2D eigenvalue weighted by Gasteiger charge is -2.39. The zero-order valence-electron chi connectivity index (χ0n) is 14.6. The van der Waals surface area contributed by atoms with Gasteiger partial charge in [0, 0.05) is 41.7 Å². The molecule has 3 aliphatic carbocycles.